The normalized spacial score (nSPS) is 18.8. The molecular weight excluding hydrogens is 300 g/mol. The highest BCUT2D eigenvalue weighted by Gasteiger charge is 2.27. The minimum Gasteiger partial charge on any atom is -0.469 e. The Morgan fingerprint density at radius 2 is 2.20 bits per heavy atom. The summed E-state index contributed by atoms with van der Waals surface area (Å²) in [4.78, 5) is 3.91. The van der Waals surface area contributed by atoms with Crippen LogP contribution < -0.4 is 4.72 Å². The molecule has 7 heteroatoms. The minimum atomic E-state index is -3.61. The molecule has 1 atom stereocenters. The van der Waals surface area contributed by atoms with Crippen LogP contribution in [0.15, 0.2) is 40.0 Å². The summed E-state index contributed by atoms with van der Waals surface area (Å²) in [5.74, 6) is 0.859. The molecule has 5 nitrogen and oxygen atoms in total. The van der Waals surface area contributed by atoms with Gasteiger partial charge in [0.15, 0.2) is 0 Å². The monoisotopic (exact) mass is 312 g/mol. The minimum absolute atomic E-state index is 0.109. The molecule has 1 unspecified atom stereocenters. The zero-order chi connectivity index (χ0) is 14.2. The molecule has 2 aromatic heterocycles. The number of fused-ring (bicyclic) bond motifs is 1. The fourth-order valence-corrected chi connectivity index (χ4v) is 3.69. The van der Waals surface area contributed by atoms with E-state index in [0.717, 1.165) is 30.6 Å². The number of aromatic nitrogens is 1. The maximum Gasteiger partial charge on any atom is 0.242 e. The average Bonchev–Trinajstić information content (AvgIpc) is 2.88. The highest BCUT2D eigenvalue weighted by atomic mass is 35.5. The summed E-state index contributed by atoms with van der Waals surface area (Å²) in [6.45, 7) is 0. The van der Waals surface area contributed by atoms with Gasteiger partial charge in [0.1, 0.15) is 15.8 Å². The van der Waals surface area contributed by atoms with E-state index in [-0.39, 0.29) is 16.1 Å². The van der Waals surface area contributed by atoms with Gasteiger partial charge in [-0.3, -0.25) is 0 Å². The summed E-state index contributed by atoms with van der Waals surface area (Å²) in [5, 5.41) is 0.263. The number of furan rings is 1. The number of nitrogens with one attached hydrogen (secondary N) is 1. The predicted octanol–water partition coefficient (Wildman–Crippen LogP) is 2.68. The summed E-state index contributed by atoms with van der Waals surface area (Å²) in [6.07, 6.45) is 5.35. The number of hydrogen-bond acceptors (Lipinski definition) is 4. The highest BCUT2D eigenvalue weighted by molar-refractivity contribution is 7.89. The Labute approximate surface area is 122 Å². The van der Waals surface area contributed by atoms with Crippen LogP contribution in [0.25, 0.3) is 0 Å². The molecule has 0 aliphatic heterocycles. The van der Waals surface area contributed by atoms with Crippen LogP contribution in [0.4, 0.5) is 0 Å². The van der Waals surface area contributed by atoms with Crippen LogP contribution in [-0.2, 0) is 16.4 Å². The van der Waals surface area contributed by atoms with E-state index in [1.807, 2.05) is 6.07 Å². The van der Waals surface area contributed by atoms with Crippen molar-refractivity contribution in [3.8, 4) is 0 Å². The van der Waals surface area contributed by atoms with Crippen LogP contribution in [0.2, 0.25) is 5.15 Å². The van der Waals surface area contributed by atoms with Gasteiger partial charge in [-0.25, -0.2) is 18.1 Å². The zero-order valence-corrected chi connectivity index (χ0v) is 12.1. The first-order valence-electron chi connectivity index (χ1n) is 6.26. The number of hydrogen-bond donors (Lipinski definition) is 1. The molecule has 0 saturated heterocycles. The van der Waals surface area contributed by atoms with Crippen molar-refractivity contribution in [2.75, 3.05) is 0 Å². The van der Waals surface area contributed by atoms with Gasteiger partial charge < -0.3 is 4.42 Å². The Bertz CT molecular complexity index is 709. The summed E-state index contributed by atoms with van der Waals surface area (Å²) in [6, 6.07) is 4.47. The molecule has 2 heterocycles. The van der Waals surface area contributed by atoms with E-state index in [1.54, 1.807) is 6.26 Å². The summed E-state index contributed by atoms with van der Waals surface area (Å²) < 4.78 is 32.7. The molecule has 20 heavy (non-hydrogen) atoms. The molecule has 2 aromatic rings. The second-order valence-corrected chi connectivity index (χ2v) is 6.78. The lowest BCUT2D eigenvalue weighted by Crippen LogP contribution is -2.30. The Morgan fingerprint density at radius 1 is 1.35 bits per heavy atom. The molecule has 0 aromatic carbocycles. The van der Waals surface area contributed by atoms with E-state index in [1.165, 1.54) is 18.3 Å². The van der Waals surface area contributed by atoms with Gasteiger partial charge in [0.2, 0.25) is 10.0 Å². The van der Waals surface area contributed by atoms with Crippen molar-refractivity contribution in [1.29, 1.82) is 0 Å². The maximum atomic E-state index is 12.3. The number of rotatable bonds is 3. The molecule has 0 radical (unpaired) electrons. The van der Waals surface area contributed by atoms with Crippen LogP contribution in [0, 0.1) is 0 Å². The number of nitrogens with zero attached hydrogens (tertiary/aromatic N) is 1. The lowest BCUT2D eigenvalue weighted by molar-refractivity contribution is 0.438. The Hall–Kier alpha value is -1.37. The largest absolute Gasteiger partial charge is 0.469 e. The van der Waals surface area contributed by atoms with Crippen LogP contribution in [0.3, 0.4) is 0 Å². The molecule has 0 fully saturated rings. The van der Waals surface area contributed by atoms with Crippen molar-refractivity contribution in [3.05, 3.63) is 47.1 Å². The fourth-order valence-electron chi connectivity index (χ4n) is 2.39. The Morgan fingerprint density at radius 3 is 2.95 bits per heavy atom. The van der Waals surface area contributed by atoms with Crippen molar-refractivity contribution in [1.82, 2.24) is 9.71 Å². The third-order valence-corrected chi connectivity index (χ3v) is 5.04. The third kappa shape index (κ3) is 2.59. The molecule has 0 saturated carbocycles. The molecule has 0 bridgehead atoms. The Balaban J connectivity index is 1.86. The second kappa shape index (κ2) is 5.20. The number of halogens is 1. The number of aryl methyl sites for hydroxylation is 1. The van der Waals surface area contributed by atoms with Gasteiger partial charge in [-0.15, -0.1) is 0 Å². The zero-order valence-electron chi connectivity index (χ0n) is 10.5. The summed E-state index contributed by atoms with van der Waals surface area (Å²) in [5.41, 5.74) is 0.918. The SMILES string of the molecule is O=S(=O)(NC1CCCc2occc21)c1ccc(Cl)nc1. The van der Waals surface area contributed by atoms with Gasteiger partial charge in [0, 0.05) is 18.2 Å². The third-order valence-electron chi connectivity index (χ3n) is 3.36. The van der Waals surface area contributed by atoms with Crippen molar-refractivity contribution >= 4 is 21.6 Å². The smallest absolute Gasteiger partial charge is 0.242 e. The Kier molecular flexibility index (Phi) is 3.54. The summed E-state index contributed by atoms with van der Waals surface area (Å²) in [7, 11) is -3.61. The molecule has 0 amide bonds. The van der Waals surface area contributed by atoms with E-state index in [9.17, 15) is 8.42 Å². The van der Waals surface area contributed by atoms with Crippen molar-refractivity contribution in [2.24, 2.45) is 0 Å². The van der Waals surface area contributed by atoms with E-state index < -0.39 is 10.0 Å². The van der Waals surface area contributed by atoms with Crippen LogP contribution in [0.1, 0.15) is 30.2 Å². The van der Waals surface area contributed by atoms with Gasteiger partial charge in [-0.05, 0) is 31.0 Å². The molecular formula is C13H13ClN2O3S. The van der Waals surface area contributed by atoms with E-state index in [2.05, 4.69) is 9.71 Å². The van der Waals surface area contributed by atoms with Gasteiger partial charge in [0.25, 0.3) is 0 Å². The molecule has 3 rings (SSSR count). The van der Waals surface area contributed by atoms with Crippen LogP contribution in [0.5, 0.6) is 0 Å². The lowest BCUT2D eigenvalue weighted by atomic mass is 9.94. The first-order valence-corrected chi connectivity index (χ1v) is 8.12. The first kappa shape index (κ1) is 13.6. The van der Waals surface area contributed by atoms with Crippen molar-refractivity contribution in [3.63, 3.8) is 0 Å². The second-order valence-electron chi connectivity index (χ2n) is 4.68. The molecule has 1 aliphatic rings. The number of sulfonamides is 1. The van der Waals surface area contributed by atoms with Crippen molar-refractivity contribution in [2.45, 2.75) is 30.2 Å². The van der Waals surface area contributed by atoms with E-state index in [4.69, 9.17) is 16.0 Å². The molecule has 0 spiro atoms. The van der Waals surface area contributed by atoms with Crippen LogP contribution >= 0.6 is 11.6 Å². The maximum absolute atomic E-state index is 12.3. The standard InChI is InChI=1S/C13H13ClN2O3S/c14-13-5-4-9(8-15-13)20(17,18)16-11-2-1-3-12-10(11)6-7-19-12/h4-8,11,16H,1-3H2. The van der Waals surface area contributed by atoms with Gasteiger partial charge in [-0.1, -0.05) is 11.6 Å². The summed E-state index contributed by atoms with van der Waals surface area (Å²) >= 11 is 5.67. The van der Waals surface area contributed by atoms with E-state index >= 15 is 0 Å². The topological polar surface area (TPSA) is 72.2 Å². The molecule has 1 aliphatic carbocycles. The highest BCUT2D eigenvalue weighted by Crippen LogP contribution is 2.31. The van der Waals surface area contributed by atoms with Crippen molar-refractivity contribution < 1.29 is 12.8 Å². The quantitative estimate of drug-likeness (QED) is 0.884. The molecule has 106 valence electrons. The number of pyridine rings is 1. The van der Waals surface area contributed by atoms with Crippen LogP contribution in [-0.4, -0.2) is 13.4 Å². The van der Waals surface area contributed by atoms with E-state index in [0.29, 0.717) is 0 Å². The first-order chi connectivity index (χ1) is 9.56. The average molecular weight is 313 g/mol. The van der Waals surface area contributed by atoms with Gasteiger partial charge in [0.05, 0.1) is 12.3 Å². The predicted molar refractivity (Wildman–Crippen MR) is 74.0 cm³/mol. The van der Waals surface area contributed by atoms with Gasteiger partial charge in [-0.2, -0.15) is 0 Å². The van der Waals surface area contributed by atoms with Gasteiger partial charge >= 0.3 is 0 Å². The lowest BCUT2D eigenvalue weighted by Gasteiger charge is -2.22. The molecule has 1 N–H and O–H groups in total. The fraction of sp³-hybridized carbons (Fsp3) is 0.308.